The molecule has 0 unspecified atom stereocenters. The molecule has 164 valence electrons. The number of amides is 1. The smallest absolute Gasteiger partial charge is 0.420 e. The number of hydrogen-bond acceptors (Lipinski definition) is 4. The number of halogens is 3. The van der Waals surface area contributed by atoms with E-state index in [0.717, 1.165) is 16.6 Å². The first kappa shape index (κ1) is 21.7. The monoisotopic (exact) mass is 456 g/mol. The molecule has 4 aromatic rings. The lowest BCUT2D eigenvalue weighted by Gasteiger charge is -2.14. The maximum Gasteiger partial charge on any atom is 0.487 e. The molecule has 0 aliphatic heterocycles. The van der Waals surface area contributed by atoms with Crippen molar-refractivity contribution in [1.29, 1.82) is 0 Å². The normalized spacial score (nSPS) is 11.7. The number of aromatic nitrogens is 3. The lowest BCUT2D eigenvalue weighted by molar-refractivity contribution is -0.0964. The average molecular weight is 457 g/mol. The molecule has 0 saturated heterocycles. The summed E-state index contributed by atoms with van der Waals surface area (Å²) in [5.41, 5.74) is 0.292. The molecule has 0 fully saturated rings. The van der Waals surface area contributed by atoms with E-state index in [9.17, 15) is 13.6 Å². The van der Waals surface area contributed by atoms with E-state index >= 15 is 0 Å². The van der Waals surface area contributed by atoms with Crippen LogP contribution in [0.4, 0.5) is 14.5 Å². The fourth-order valence-corrected chi connectivity index (χ4v) is 3.47. The summed E-state index contributed by atoms with van der Waals surface area (Å²) in [5, 5.41) is 2.76. The fourth-order valence-electron chi connectivity index (χ4n) is 3.38. The van der Waals surface area contributed by atoms with E-state index in [-0.39, 0.29) is 17.7 Å². The Kier molecular flexibility index (Phi) is 5.80. The van der Waals surface area contributed by atoms with E-state index in [0.29, 0.717) is 16.8 Å². The van der Waals surface area contributed by atoms with Crippen LogP contribution < -0.4 is 10.1 Å². The van der Waals surface area contributed by atoms with Gasteiger partial charge in [-0.3, -0.25) is 9.78 Å². The molecule has 32 heavy (non-hydrogen) atoms. The summed E-state index contributed by atoms with van der Waals surface area (Å²) in [4.78, 5) is 21.6. The third kappa shape index (κ3) is 4.70. The van der Waals surface area contributed by atoms with Crippen LogP contribution in [0, 0.1) is 0 Å². The topological polar surface area (TPSA) is 69.0 Å². The summed E-state index contributed by atoms with van der Waals surface area (Å²) < 4.78 is 31.8. The van der Waals surface area contributed by atoms with E-state index in [1.165, 1.54) is 24.3 Å². The molecule has 1 N–H and O–H groups in total. The summed E-state index contributed by atoms with van der Waals surface area (Å²) in [6, 6.07) is 12.9. The summed E-state index contributed by atoms with van der Waals surface area (Å²) in [6.45, 7) is 4.12. The molecule has 0 atom stereocenters. The van der Waals surface area contributed by atoms with Crippen LogP contribution in [0.2, 0.25) is 0 Å². The van der Waals surface area contributed by atoms with Gasteiger partial charge in [-0.25, -0.2) is 4.98 Å². The summed E-state index contributed by atoms with van der Waals surface area (Å²) in [6.07, 6.45) is 5.17. The van der Waals surface area contributed by atoms with Crippen molar-refractivity contribution in [3.8, 4) is 16.9 Å². The predicted molar refractivity (Wildman–Crippen MR) is 119 cm³/mol. The van der Waals surface area contributed by atoms with Gasteiger partial charge in [-0.05, 0) is 56.3 Å². The van der Waals surface area contributed by atoms with Gasteiger partial charge in [0.25, 0.3) is 5.91 Å². The first-order chi connectivity index (χ1) is 15.2. The highest BCUT2D eigenvalue weighted by Gasteiger charge is 2.27. The minimum Gasteiger partial charge on any atom is -0.420 e. The van der Waals surface area contributed by atoms with Crippen LogP contribution in [0.1, 0.15) is 30.2 Å². The standard InChI is InChI=1S/C23H19ClF2N4O2/c1-14(2)30-13-28-20-11-16(10-19(21(20)30)15-4-3-9-27-12-15)22(31)29-17-5-7-18(8-6-17)32-23(24,25)26/h3-14H,1-2H3,(H,29,31). The number of anilines is 1. The number of nitrogens with zero attached hydrogens (tertiary/aromatic N) is 3. The van der Waals surface area contributed by atoms with Crippen molar-refractivity contribution in [3.63, 3.8) is 0 Å². The van der Waals surface area contributed by atoms with Gasteiger partial charge in [-0.2, -0.15) is 0 Å². The highest BCUT2D eigenvalue weighted by Crippen LogP contribution is 2.32. The molecule has 4 rings (SSSR count). The third-order valence-electron chi connectivity index (χ3n) is 4.81. The molecule has 0 spiro atoms. The zero-order valence-electron chi connectivity index (χ0n) is 17.2. The van der Waals surface area contributed by atoms with Crippen LogP contribution in [0.3, 0.4) is 0 Å². The van der Waals surface area contributed by atoms with Crippen LogP contribution >= 0.6 is 11.6 Å². The van der Waals surface area contributed by atoms with E-state index in [4.69, 9.17) is 11.6 Å². The average Bonchev–Trinajstić information content (AvgIpc) is 3.18. The fraction of sp³-hybridized carbons (Fsp3) is 0.174. The summed E-state index contributed by atoms with van der Waals surface area (Å²) >= 11 is 4.77. The molecule has 2 aromatic carbocycles. The number of ether oxygens (including phenoxy) is 1. The van der Waals surface area contributed by atoms with Crippen LogP contribution in [0.15, 0.2) is 67.3 Å². The maximum absolute atomic E-state index is 13.0. The van der Waals surface area contributed by atoms with E-state index < -0.39 is 5.57 Å². The number of hydrogen-bond donors (Lipinski definition) is 1. The first-order valence-electron chi connectivity index (χ1n) is 9.79. The van der Waals surface area contributed by atoms with Crippen LogP contribution in [-0.2, 0) is 0 Å². The highest BCUT2D eigenvalue weighted by molar-refractivity contribution is 6.20. The van der Waals surface area contributed by atoms with Gasteiger partial charge in [0.15, 0.2) is 0 Å². The molecular weight excluding hydrogens is 438 g/mol. The van der Waals surface area contributed by atoms with Crippen molar-refractivity contribution in [1.82, 2.24) is 14.5 Å². The van der Waals surface area contributed by atoms with Crippen molar-refractivity contribution in [2.45, 2.75) is 25.5 Å². The SMILES string of the molecule is CC(C)n1cnc2cc(C(=O)Nc3ccc(OC(F)(F)Cl)cc3)cc(-c3cccnc3)c21. The second-order valence-electron chi connectivity index (χ2n) is 7.41. The second-order valence-corrected chi connectivity index (χ2v) is 7.85. The van der Waals surface area contributed by atoms with Crippen molar-refractivity contribution >= 4 is 34.2 Å². The van der Waals surface area contributed by atoms with Gasteiger partial charge in [0.1, 0.15) is 5.75 Å². The van der Waals surface area contributed by atoms with Crippen LogP contribution in [-0.4, -0.2) is 26.0 Å². The Morgan fingerprint density at radius 1 is 1.19 bits per heavy atom. The Hall–Kier alpha value is -3.52. The van der Waals surface area contributed by atoms with Crippen molar-refractivity contribution in [2.75, 3.05) is 5.32 Å². The molecule has 1 amide bonds. The third-order valence-corrected chi connectivity index (χ3v) is 4.88. The minimum absolute atomic E-state index is 0.123. The van der Waals surface area contributed by atoms with Crippen molar-refractivity contribution < 1.29 is 18.3 Å². The molecule has 9 heteroatoms. The number of imidazole rings is 1. The van der Waals surface area contributed by atoms with Crippen LogP contribution in [0.5, 0.6) is 5.75 Å². The van der Waals surface area contributed by atoms with Gasteiger partial charge in [0.2, 0.25) is 0 Å². The number of nitrogens with one attached hydrogen (secondary N) is 1. The predicted octanol–water partition coefficient (Wildman–Crippen LogP) is 6.10. The van der Waals surface area contributed by atoms with Gasteiger partial charge in [-0.1, -0.05) is 6.07 Å². The van der Waals surface area contributed by atoms with Gasteiger partial charge >= 0.3 is 5.57 Å². The van der Waals surface area contributed by atoms with E-state index in [2.05, 4.69) is 33.9 Å². The Morgan fingerprint density at radius 3 is 2.56 bits per heavy atom. The zero-order valence-corrected chi connectivity index (χ0v) is 18.0. The Labute approximate surface area is 187 Å². The number of pyridine rings is 1. The Morgan fingerprint density at radius 2 is 1.94 bits per heavy atom. The number of alkyl halides is 3. The quantitative estimate of drug-likeness (QED) is 0.356. The first-order valence-corrected chi connectivity index (χ1v) is 10.2. The Balaban J connectivity index is 1.68. The lowest BCUT2D eigenvalue weighted by Crippen LogP contribution is -2.16. The molecular formula is C23H19ClF2N4O2. The van der Waals surface area contributed by atoms with Gasteiger partial charge < -0.3 is 14.6 Å². The van der Waals surface area contributed by atoms with Gasteiger partial charge in [0, 0.05) is 52.4 Å². The second kappa shape index (κ2) is 8.55. The number of carbonyl (C=O) groups is 1. The van der Waals surface area contributed by atoms with Gasteiger partial charge in [-0.15, -0.1) is 8.78 Å². The minimum atomic E-state index is -3.80. The molecule has 2 heterocycles. The molecule has 0 saturated carbocycles. The zero-order chi connectivity index (χ0) is 22.9. The van der Waals surface area contributed by atoms with Crippen molar-refractivity contribution in [3.05, 3.63) is 72.8 Å². The highest BCUT2D eigenvalue weighted by atomic mass is 35.5. The Bertz CT molecular complexity index is 1250. The number of carbonyl (C=O) groups excluding carboxylic acids is 1. The molecule has 0 aliphatic rings. The van der Waals surface area contributed by atoms with Gasteiger partial charge in [0.05, 0.1) is 17.4 Å². The van der Waals surface area contributed by atoms with Crippen LogP contribution in [0.25, 0.3) is 22.2 Å². The molecule has 2 aromatic heterocycles. The maximum atomic E-state index is 13.0. The largest absolute Gasteiger partial charge is 0.487 e. The molecule has 6 nitrogen and oxygen atoms in total. The van der Waals surface area contributed by atoms with E-state index in [1.807, 2.05) is 16.7 Å². The van der Waals surface area contributed by atoms with Crippen molar-refractivity contribution in [2.24, 2.45) is 0 Å². The number of benzene rings is 2. The molecule has 0 radical (unpaired) electrons. The molecule has 0 aliphatic carbocycles. The number of fused-ring (bicyclic) bond motifs is 1. The summed E-state index contributed by atoms with van der Waals surface area (Å²) in [5.74, 6) is -0.491. The molecule has 0 bridgehead atoms. The number of rotatable bonds is 6. The summed E-state index contributed by atoms with van der Waals surface area (Å²) in [7, 11) is 0. The van der Waals surface area contributed by atoms with E-state index in [1.54, 1.807) is 30.9 Å². The lowest BCUT2D eigenvalue weighted by atomic mass is 10.0.